The van der Waals surface area contributed by atoms with Crippen molar-refractivity contribution < 1.29 is 13.4 Å². The third-order valence-corrected chi connectivity index (χ3v) is 5.66. The molecular formula is C14H16FN3O2S. The molecule has 1 aromatic heterocycles. The Balaban J connectivity index is 1.98. The van der Waals surface area contributed by atoms with E-state index in [-0.39, 0.29) is 11.5 Å². The minimum absolute atomic E-state index is 0.245. The number of halogens is 1. The zero-order valence-electron chi connectivity index (χ0n) is 11.9. The van der Waals surface area contributed by atoms with Crippen LogP contribution in [-0.4, -0.2) is 48.6 Å². The Morgan fingerprint density at radius 2 is 2.24 bits per heavy atom. The van der Waals surface area contributed by atoms with Crippen molar-refractivity contribution in [3.05, 3.63) is 29.8 Å². The van der Waals surface area contributed by atoms with Crippen molar-refractivity contribution in [3.8, 4) is 0 Å². The normalized spacial score (nSPS) is 21.7. The van der Waals surface area contributed by atoms with Gasteiger partial charge in [0.25, 0.3) is 5.91 Å². The van der Waals surface area contributed by atoms with Crippen LogP contribution in [0, 0.1) is 5.82 Å². The average molecular weight is 309 g/mol. The highest BCUT2D eigenvalue weighted by molar-refractivity contribution is 7.86. The predicted octanol–water partition coefficient (Wildman–Crippen LogP) is 1.69. The first-order valence-corrected chi connectivity index (χ1v) is 8.01. The smallest absolute Gasteiger partial charge is 0.256 e. The van der Waals surface area contributed by atoms with E-state index in [0.29, 0.717) is 29.9 Å². The molecule has 0 spiro atoms. The highest BCUT2D eigenvalue weighted by Crippen LogP contribution is 2.24. The zero-order valence-corrected chi connectivity index (χ0v) is 12.7. The summed E-state index contributed by atoms with van der Waals surface area (Å²) >= 11 is 0. The molecule has 2 heterocycles. The summed E-state index contributed by atoms with van der Waals surface area (Å²) in [5.41, 5.74) is 1.21. The first-order chi connectivity index (χ1) is 9.88. The first kappa shape index (κ1) is 14.2. The molecule has 7 heteroatoms. The number of H-pyrrole nitrogens is 1. The molecule has 1 aromatic carbocycles. The number of carbonyl (C=O) groups is 1. The van der Waals surface area contributed by atoms with Crippen LogP contribution in [0.25, 0.3) is 11.0 Å². The van der Waals surface area contributed by atoms with E-state index < -0.39 is 21.4 Å². The number of fused-ring (bicyclic) bond motifs is 1. The molecule has 3 rings (SSSR count). The summed E-state index contributed by atoms with van der Waals surface area (Å²) in [7, 11) is -0.958. The third kappa shape index (κ3) is 2.46. The number of carbonyl (C=O) groups excluding carboxylic acids is 1. The quantitative estimate of drug-likeness (QED) is 0.871. The summed E-state index contributed by atoms with van der Waals surface area (Å²) < 4.78 is 25.1. The van der Waals surface area contributed by atoms with Crippen molar-refractivity contribution in [3.63, 3.8) is 0 Å². The van der Waals surface area contributed by atoms with Crippen molar-refractivity contribution in [1.29, 1.82) is 0 Å². The summed E-state index contributed by atoms with van der Waals surface area (Å²) in [6.45, 7) is 4.55. The molecule has 2 aromatic rings. The second kappa shape index (κ2) is 4.91. The minimum Gasteiger partial charge on any atom is -0.344 e. The van der Waals surface area contributed by atoms with Crippen molar-refractivity contribution in [2.75, 3.05) is 18.8 Å². The Morgan fingerprint density at radius 3 is 2.95 bits per heavy atom. The fraction of sp³-hybridized carbons (Fsp3) is 0.429. The summed E-state index contributed by atoms with van der Waals surface area (Å²) in [5.74, 6) is -0.302. The van der Waals surface area contributed by atoms with Crippen molar-refractivity contribution in [2.24, 2.45) is 0 Å². The minimum atomic E-state index is -0.958. The van der Waals surface area contributed by atoms with Crippen LogP contribution in [-0.2, 0) is 10.8 Å². The lowest BCUT2D eigenvalue weighted by molar-refractivity contribution is 0.0747. The molecule has 1 atom stereocenters. The summed E-state index contributed by atoms with van der Waals surface area (Å²) in [6.07, 6.45) is 1.44. The van der Waals surface area contributed by atoms with Gasteiger partial charge in [0.2, 0.25) is 0 Å². The van der Waals surface area contributed by atoms with Gasteiger partial charge in [-0.3, -0.25) is 9.00 Å². The molecule has 21 heavy (non-hydrogen) atoms. The van der Waals surface area contributed by atoms with Crippen LogP contribution in [0.3, 0.4) is 0 Å². The van der Waals surface area contributed by atoms with Gasteiger partial charge in [-0.2, -0.15) is 0 Å². The summed E-state index contributed by atoms with van der Waals surface area (Å²) in [4.78, 5) is 21.2. The van der Waals surface area contributed by atoms with Gasteiger partial charge < -0.3 is 9.88 Å². The Kier molecular flexibility index (Phi) is 3.32. The molecule has 112 valence electrons. The molecule has 1 amide bonds. The number of rotatable bonds is 1. The lowest BCUT2D eigenvalue weighted by Crippen LogP contribution is -2.52. The summed E-state index contributed by atoms with van der Waals surface area (Å²) in [5, 5.41) is 0. The molecule has 1 aliphatic rings. The predicted molar refractivity (Wildman–Crippen MR) is 79.0 cm³/mol. The van der Waals surface area contributed by atoms with Crippen molar-refractivity contribution >= 4 is 27.7 Å². The van der Waals surface area contributed by atoms with E-state index in [1.165, 1.54) is 18.5 Å². The largest absolute Gasteiger partial charge is 0.344 e. The zero-order chi connectivity index (χ0) is 15.2. The maximum absolute atomic E-state index is 13.6. The molecule has 1 N–H and O–H groups in total. The van der Waals surface area contributed by atoms with Gasteiger partial charge in [-0.05, 0) is 26.0 Å². The lowest BCUT2D eigenvalue weighted by Gasteiger charge is -2.37. The molecule has 1 fully saturated rings. The van der Waals surface area contributed by atoms with Gasteiger partial charge in [0.05, 0.1) is 22.2 Å². The number of aromatic nitrogens is 2. The van der Waals surface area contributed by atoms with Crippen molar-refractivity contribution in [2.45, 2.75) is 18.6 Å². The molecule has 1 unspecified atom stereocenters. The van der Waals surface area contributed by atoms with Gasteiger partial charge in [0, 0.05) is 29.6 Å². The molecule has 0 radical (unpaired) electrons. The Hall–Kier alpha value is -1.76. The van der Waals surface area contributed by atoms with Crippen LogP contribution in [0.5, 0.6) is 0 Å². The van der Waals surface area contributed by atoms with Crippen molar-refractivity contribution in [1.82, 2.24) is 14.9 Å². The van der Waals surface area contributed by atoms with E-state index in [9.17, 15) is 13.4 Å². The third-order valence-electron chi connectivity index (χ3n) is 3.74. The van der Waals surface area contributed by atoms with Gasteiger partial charge in [-0.1, -0.05) is 0 Å². The number of hydrogen-bond acceptors (Lipinski definition) is 3. The van der Waals surface area contributed by atoms with E-state index in [2.05, 4.69) is 9.97 Å². The van der Waals surface area contributed by atoms with Crippen LogP contribution in [0.4, 0.5) is 4.39 Å². The number of nitrogens with one attached hydrogen (secondary N) is 1. The summed E-state index contributed by atoms with van der Waals surface area (Å²) in [6, 6.07) is 2.53. The van der Waals surface area contributed by atoms with Crippen LogP contribution in [0.2, 0.25) is 0 Å². The van der Waals surface area contributed by atoms with Gasteiger partial charge >= 0.3 is 0 Å². The second-order valence-corrected chi connectivity index (χ2v) is 7.99. The van der Waals surface area contributed by atoms with E-state index in [1.54, 1.807) is 4.90 Å². The fourth-order valence-electron chi connectivity index (χ4n) is 2.60. The van der Waals surface area contributed by atoms with Crippen LogP contribution >= 0.6 is 0 Å². The van der Waals surface area contributed by atoms with E-state index in [1.807, 2.05) is 13.8 Å². The molecule has 1 saturated heterocycles. The highest BCUT2D eigenvalue weighted by Gasteiger charge is 2.36. The highest BCUT2D eigenvalue weighted by atomic mass is 32.2. The van der Waals surface area contributed by atoms with Gasteiger partial charge in [-0.15, -0.1) is 0 Å². The van der Waals surface area contributed by atoms with E-state index in [0.717, 1.165) is 0 Å². The Morgan fingerprint density at radius 1 is 1.48 bits per heavy atom. The van der Waals surface area contributed by atoms with E-state index in [4.69, 9.17) is 0 Å². The molecular weight excluding hydrogens is 293 g/mol. The van der Waals surface area contributed by atoms with Crippen LogP contribution < -0.4 is 0 Å². The monoisotopic (exact) mass is 309 g/mol. The maximum atomic E-state index is 13.6. The number of amides is 1. The second-order valence-electron chi connectivity index (χ2n) is 5.79. The van der Waals surface area contributed by atoms with Crippen LogP contribution in [0.1, 0.15) is 24.2 Å². The van der Waals surface area contributed by atoms with Gasteiger partial charge in [0.1, 0.15) is 11.3 Å². The number of aromatic amines is 1. The van der Waals surface area contributed by atoms with Gasteiger partial charge in [0.15, 0.2) is 0 Å². The molecule has 0 aliphatic carbocycles. The number of imidazole rings is 1. The number of nitrogens with zero attached hydrogens (tertiary/aromatic N) is 2. The molecule has 5 nitrogen and oxygen atoms in total. The SMILES string of the molecule is CC1(C)CN(C(=O)c2cc(F)cc3[nH]cnc23)CCS1=O. The standard InChI is InChI=1S/C14H16FN3O2S/c1-14(2)7-18(3-4-21(14)20)13(19)10-5-9(15)6-11-12(10)17-8-16-11/h5-6,8H,3-4,7H2,1-2H3,(H,16,17). The molecule has 0 bridgehead atoms. The van der Waals surface area contributed by atoms with Crippen LogP contribution in [0.15, 0.2) is 18.5 Å². The fourth-order valence-corrected chi connectivity index (χ4v) is 3.84. The Bertz CT molecular complexity index is 741. The number of benzene rings is 1. The molecule has 1 aliphatic heterocycles. The first-order valence-electron chi connectivity index (χ1n) is 6.69. The van der Waals surface area contributed by atoms with Gasteiger partial charge in [-0.25, -0.2) is 9.37 Å². The Labute approximate surface area is 124 Å². The molecule has 0 saturated carbocycles. The van der Waals surface area contributed by atoms with E-state index >= 15 is 0 Å². The average Bonchev–Trinajstić information content (AvgIpc) is 2.88. The topological polar surface area (TPSA) is 66.1 Å². The lowest BCUT2D eigenvalue weighted by atomic mass is 10.1. The number of hydrogen-bond donors (Lipinski definition) is 1. The maximum Gasteiger partial charge on any atom is 0.256 e.